The third-order valence-corrected chi connectivity index (χ3v) is 3.89. The molecule has 0 radical (unpaired) electrons. The van der Waals surface area contributed by atoms with Crippen molar-refractivity contribution in [2.75, 3.05) is 18.5 Å². The average Bonchev–Trinajstić information content (AvgIpc) is 3.04. The molecule has 0 aliphatic carbocycles. The third kappa shape index (κ3) is 4.21. The monoisotopic (exact) mass is 349 g/mol. The molecule has 1 aromatic carbocycles. The number of aromatic nitrogens is 1. The Morgan fingerprint density at radius 3 is 2.68 bits per heavy atom. The van der Waals surface area contributed by atoms with Crippen LogP contribution in [0.1, 0.15) is 12.8 Å². The number of carbonyl (C=O) groups excluding carboxylic acids is 1. The van der Waals surface area contributed by atoms with Crippen LogP contribution >= 0.6 is 0 Å². The summed E-state index contributed by atoms with van der Waals surface area (Å²) in [5, 5.41) is 11.9. The van der Waals surface area contributed by atoms with Gasteiger partial charge >= 0.3 is 6.03 Å². The topological polar surface area (TPSA) is 74.7 Å². The van der Waals surface area contributed by atoms with Crippen LogP contribution in [0.3, 0.4) is 0 Å². The lowest BCUT2D eigenvalue weighted by atomic mass is 10.2. The van der Waals surface area contributed by atoms with E-state index in [1.54, 1.807) is 4.90 Å². The summed E-state index contributed by atoms with van der Waals surface area (Å²) in [5.41, 5.74) is 0. The first-order valence-corrected chi connectivity index (χ1v) is 7.83. The van der Waals surface area contributed by atoms with Crippen LogP contribution in [-0.2, 0) is 0 Å². The molecule has 6 nitrogen and oxygen atoms in total. The molecule has 3 rings (SSSR count). The SMILES string of the molecule is O=C(Nc1ccc(Oc2cc(F)cc(F)c2)cn1)N1CCC[C@@H]1CO. The zero-order valence-corrected chi connectivity index (χ0v) is 13.3. The van der Waals surface area contributed by atoms with Crippen LogP contribution in [0.4, 0.5) is 19.4 Å². The highest BCUT2D eigenvalue weighted by atomic mass is 19.1. The van der Waals surface area contributed by atoms with Crippen LogP contribution in [-0.4, -0.2) is 40.2 Å². The van der Waals surface area contributed by atoms with Crippen molar-refractivity contribution in [3.05, 3.63) is 48.2 Å². The molecule has 2 amide bonds. The predicted molar refractivity (Wildman–Crippen MR) is 86.5 cm³/mol. The van der Waals surface area contributed by atoms with Crippen LogP contribution in [0.25, 0.3) is 0 Å². The maximum Gasteiger partial charge on any atom is 0.323 e. The summed E-state index contributed by atoms with van der Waals surface area (Å²) in [6.45, 7) is 0.515. The second-order valence-corrected chi connectivity index (χ2v) is 5.69. The van der Waals surface area contributed by atoms with E-state index in [1.807, 2.05) is 0 Å². The summed E-state index contributed by atoms with van der Waals surface area (Å²) in [6.07, 6.45) is 2.96. The highest BCUT2D eigenvalue weighted by Crippen LogP contribution is 2.24. The second-order valence-electron chi connectivity index (χ2n) is 5.69. The molecule has 0 spiro atoms. The van der Waals surface area contributed by atoms with Crippen molar-refractivity contribution in [1.29, 1.82) is 0 Å². The minimum absolute atomic E-state index is 0.0129. The van der Waals surface area contributed by atoms with Crippen molar-refractivity contribution in [1.82, 2.24) is 9.88 Å². The Hall–Kier alpha value is -2.74. The average molecular weight is 349 g/mol. The van der Waals surface area contributed by atoms with Gasteiger partial charge in [0.1, 0.15) is 29.0 Å². The van der Waals surface area contributed by atoms with Crippen LogP contribution < -0.4 is 10.1 Å². The lowest BCUT2D eigenvalue weighted by Crippen LogP contribution is -2.40. The maximum absolute atomic E-state index is 13.1. The Morgan fingerprint density at radius 2 is 2.04 bits per heavy atom. The molecule has 2 N–H and O–H groups in total. The molecular formula is C17H17F2N3O3. The molecule has 1 aliphatic rings. The number of nitrogens with zero attached hydrogens (tertiary/aromatic N) is 2. The lowest BCUT2D eigenvalue weighted by molar-refractivity contribution is 0.166. The van der Waals surface area contributed by atoms with Crippen molar-refractivity contribution in [2.24, 2.45) is 0 Å². The fourth-order valence-electron chi connectivity index (χ4n) is 2.71. The molecule has 8 heteroatoms. The molecular weight excluding hydrogens is 332 g/mol. The van der Waals surface area contributed by atoms with Gasteiger partial charge in [0.25, 0.3) is 0 Å². The largest absolute Gasteiger partial charge is 0.456 e. The van der Waals surface area contributed by atoms with E-state index in [4.69, 9.17) is 4.74 Å². The Labute approximate surface area is 143 Å². The number of benzene rings is 1. The summed E-state index contributed by atoms with van der Waals surface area (Å²) in [6, 6.07) is 5.41. The number of halogens is 2. The number of urea groups is 1. The highest BCUT2D eigenvalue weighted by molar-refractivity contribution is 5.88. The first-order chi connectivity index (χ1) is 12.0. The molecule has 1 aromatic heterocycles. The van der Waals surface area contributed by atoms with Crippen LogP contribution in [0.2, 0.25) is 0 Å². The number of ether oxygens (including phenoxy) is 1. The van der Waals surface area contributed by atoms with Gasteiger partial charge in [0.2, 0.25) is 0 Å². The van der Waals surface area contributed by atoms with Crippen molar-refractivity contribution in [3.8, 4) is 11.5 Å². The van der Waals surface area contributed by atoms with Gasteiger partial charge in [-0.1, -0.05) is 0 Å². The molecule has 0 unspecified atom stereocenters. The van der Waals surface area contributed by atoms with Gasteiger partial charge in [0, 0.05) is 24.7 Å². The van der Waals surface area contributed by atoms with E-state index >= 15 is 0 Å². The fourth-order valence-corrected chi connectivity index (χ4v) is 2.71. The molecule has 1 fully saturated rings. The van der Waals surface area contributed by atoms with E-state index in [9.17, 15) is 18.7 Å². The summed E-state index contributed by atoms with van der Waals surface area (Å²) < 4.78 is 31.6. The number of aliphatic hydroxyl groups is 1. The predicted octanol–water partition coefficient (Wildman–Crippen LogP) is 3.14. The third-order valence-electron chi connectivity index (χ3n) is 3.89. The Balaban J connectivity index is 1.63. The number of rotatable bonds is 4. The number of pyridine rings is 1. The van der Waals surface area contributed by atoms with Gasteiger partial charge in [-0.15, -0.1) is 0 Å². The second kappa shape index (κ2) is 7.43. The van der Waals surface area contributed by atoms with Crippen molar-refractivity contribution in [3.63, 3.8) is 0 Å². The number of nitrogens with one attached hydrogen (secondary N) is 1. The van der Waals surface area contributed by atoms with Gasteiger partial charge in [0.15, 0.2) is 0 Å². The zero-order valence-electron chi connectivity index (χ0n) is 13.3. The van der Waals surface area contributed by atoms with Gasteiger partial charge in [-0.3, -0.25) is 5.32 Å². The van der Waals surface area contributed by atoms with E-state index in [2.05, 4.69) is 10.3 Å². The molecule has 0 saturated carbocycles. The summed E-state index contributed by atoms with van der Waals surface area (Å²) in [4.78, 5) is 17.8. The maximum atomic E-state index is 13.1. The van der Waals surface area contributed by atoms with Crippen molar-refractivity contribution >= 4 is 11.8 Å². The van der Waals surface area contributed by atoms with Gasteiger partial charge in [-0.25, -0.2) is 18.6 Å². The highest BCUT2D eigenvalue weighted by Gasteiger charge is 2.28. The molecule has 1 saturated heterocycles. The molecule has 2 heterocycles. The van der Waals surface area contributed by atoms with E-state index in [1.165, 1.54) is 18.3 Å². The number of hydrogen-bond donors (Lipinski definition) is 2. The number of amides is 2. The molecule has 132 valence electrons. The Kier molecular flexibility index (Phi) is 5.08. The normalized spacial score (nSPS) is 16.8. The van der Waals surface area contributed by atoms with E-state index < -0.39 is 11.6 Å². The molecule has 25 heavy (non-hydrogen) atoms. The minimum atomic E-state index is -0.740. The summed E-state index contributed by atoms with van der Waals surface area (Å²) in [5.74, 6) is -0.880. The van der Waals surface area contributed by atoms with Crippen molar-refractivity contribution < 1.29 is 23.4 Å². The number of anilines is 1. The first kappa shape index (κ1) is 17.1. The molecule has 2 aromatic rings. The van der Waals surface area contributed by atoms with E-state index in [-0.39, 0.29) is 30.2 Å². The first-order valence-electron chi connectivity index (χ1n) is 7.83. The zero-order chi connectivity index (χ0) is 17.8. The van der Waals surface area contributed by atoms with Crippen molar-refractivity contribution in [2.45, 2.75) is 18.9 Å². The lowest BCUT2D eigenvalue weighted by Gasteiger charge is -2.23. The van der Waals surface area contributed by atoms with Gasteiger partial charge in [-0.05, 0) is 25.0 Å². The molecule has 1 atom stereocenters. The number of likely N-dealkylation sites (tertiary alicyclic amines) is 1. The van der Waals surface area contributed by atoms with Gasteiger partial charge in [0.05, 0.1) is 18.8 Å². The van der Waals surface area contributed by atoms with Gasteiger partial charge in [-0.2, -0.15) is 0 Å². The van der Waals surface area contributed by atoms with E-state index in [0.29, 0.717) is 12.4 Å². The standard InChI is InChI=1S/C17H17F2N3O3/c18-11-6-12(19)8-15(7-11)25-14-3-4-16(20-9-14)21-17(24)22-5-1-2-13(22)10-23/h3-4,6-9,13,23H,1-2,5,10H2,(H,20,21,24)/t13-/m1/s1. The number of hydrogen-bond acceptors (Lipinski definition) is 4. The fraction of sp³-hybridized carbons (Fsp3) is 0.294. The van der Waals surface area contributed by atoms with Gasteiger partial charge < -0.3 is 14.7 Å². The smallest absolute Gasteiger partial charge is 0.323 e. The van der Waals surface area contributed by atoms with E-state index in [0.717, 1.165) is 31.0 Å². The molecule has 0 bridgehead atoms. The Morgan fingerprint density at radius 1 is 1.28 bits per heavy atom. The summed E-state index contributed by atoms with van der Waals surface area (Å²) >= 11 is 0. The number of aliphatic hydroxyl groups excluding tert-OH is 1. The minimum Gasteiger partial charge on any atom is -0.456 e. The quantitative estimate of drug-likeness (QED) is 0.889. The summed E-state index contributed by atoms with van der Waals surface area (Å²) in [7, 11) is 0. The molecule has 1 aliphatic heterocycles. The van der Waals surface area contributed by atoms with Crippen LogP contribution in [0.5, 0.6) is 11.5 Å². The van der Waals surface area contributed by atoms with Crippen LogP contribution in [0.15, 0.2) is 36.5 Å². The Bertz CT molecular complexity index is 735. The number of carbonyl (C=O) groups is 1. The van der Waals surface area contributed by atoms with Crippen LogP contribution in [0, 0.1) is 11.6 Å².